The largest absolute Gasteiger partial charge is 2.00 e. The van der Waals surface area contributed by atoms with E-state index in [1.54, 1.807) is 0 Å². The molecule has 2 aromatic heterocycles. The standard InChI is InChI=1S/C88H68N4.Pt/c1-49(2)53-29-17-33-65(37-53)77-81-69-41-57-21-9-11-23-59(57)43-71(69)83(89-81)78(66-34-18-30-54(38-66)50(3)4)85-73-45-61-25-13-15-27-63(61)47-75(73)87(91-85)80(68-36-20-32-56(40-68)52(7)8)88-76-48-64-28-16-14-26-62(64)46-74(76)86(92-88)79(67-35-19-31-55(39-67)51(5)6)84-72-44-60-24-12-10-22-58(60)42-70(72)82(77)90-84;/h9-52H,1-8H3;/q-2;+2. The summed E-state index contributed by atoms with van der Waals surface area (Å²) in [6.07, 6.45) is 0. The summed E-state index contributed by atoms with van der Waals surface area (Å²) in [4.78, 5) is 25.3. The average Bonchev–Trinajstić information content (AvgIpc) is 1.56. The molecule has 0 radical (unpaired) electrons. The third-order valence-electron chi connectivity index (χ3n) is 19.7. The molecule has 0 atom stereocenters. The number of benzene rings is 12. The van der Waals surface area contributed by atoms with Gasteiger partial charge in [0.1, 0.15) is 0 Å². The maximum atomic E-state index is 6.34. The summed E-state index contributed by atoms with van der Waals surface area (Å²) in [5, 5.41) is 13.3. The summed E-state index contributed by atoms with van der Waals surface area (Å²) in [6.45, 7) is 18.3. The van der Waals surface area contributed by atoms with Crippen LogP contribution in [-0.2, 0) is 21.1 Å². The molecule has 0 unspecified atom stereocenters. The fourth-order valence-corrected chi connectivity index (χ4v) is 14.7. The van der Waals surface area contributed by atoms with Gasteiger partial charge in [-0.15, -0.1) is 22.1 Å². The zero-order valence-corrected chi connectivity index (χ0v) is 55.8. The smallest absolute Gasteiger partial charge is 0.656 e. The summed E-state index contributed by atoms with van der Waals surface area (Å²) in [6, 6.07) is 91.0. The van der Waals surface area contributed by atoms with Crippen molar-refractivity contribution in [3.05, 3.63) is 265 Å². The molecule has 93 heavy (non-hydrogen) atoms. The van der Waals surface area contributed by atoms with Crippen LogP contribution in [0, 0.1) is 0 Å². The fourth-order valence-electron chi connectivity index (χ4n) is 14.7. The number of hydrogen-bond donors (Lipinski definition) is 0. The van der Waals surface area contributed by atoms with Crippen LogP contribution in [0.5, 0.6) is 0 Å². The first-order chi connectivity index (χ1) is 44.9. The molecule has 0 fully saturated rings. The number of fused-ring (bicyclic) bond motifs is 4. The van der Waals surface area contributed by atoms with Crippen LogP contribution in [0.1, 0.15) is 101 Å². The molecule has 8 bridgehead atoms. The van der Waals surface area contributed by atoms with Gasteiger partial charge in [0.15, 0.2) is 0 Å². The van der Waals surface area contributed by atoms with Gasteiger partial charge in [-0.3, -0.25) is 0 Å². The monoisotopic (exact) mass is 1380 g/mol. The molecule has 0 amide bonds. The van der Waals surface area contributed by atoms with Gasteiger partial charge in [-0.05, 0) is 204 Å². The first kappa shape index (κ1) is 58.1. The topological polar surface area (TPSA) is 54.0 Å². The Kier molecular flexibility index (Phi) is 14.2. The molecule has 4 heterocycles. The summed E-state index contributed by atoms with van der Waals surface area (Å²) in [5.74, 6) is 1.03. The molecule has 450 valence electrons. The summed E-state index contributed by atoms with van der Waals surface area (Å²) >= 11 is 0. The van der Waals surface area contributed by atoms with Crippen molar-refractivity contribution in [2.45, 2.75) is 79.1 Å². The molecule has 0 saturated carbocycles. The maximum Gasteiger partial charge on any atom is 2.00 e. The maximum absolute atomic E-state index is 6.34. The van der Waals surface area contributed by atoms with Gasteiger partial charge in [-0.25, -0.2) is 9.97 Å². The van der Waals surface area contributed by atoms with Gasteiger partial charge in [0, 0.05) is 22.3 Å². The molecule has 4 nitrogen and oxygen atoms in total. The van der Waals surface area contributed by atoms with E-state index < -0.39 is 0 Å². The van der Waals surface area contributed by atoms with Crippen LogP contribution in [0.15, 0.2) is 243 Å². The summed E-state index contributed by atoms with van der Waals surface area (Å²) < 4.78 is 0. The Bertz CT molecular complexity index is 5090. The van der Waals surface area contributed by atoms with E-state index in [4.69, 9.17) is 19.9 Å². The summed E-state index contributed by atoms with van der Waals surface area (Å²) in [7, 11) is 0. The zero-order valence-electron chi connectivity index (χ0n) is 53.5. The Labute approximate surface area is 557 Å². The van der Waals surface area contributed by atoms with Crippen molar-refractivity contribution in [2.24, 2.45) is 0 Å². The van der Waals surface area contributed by atoms with Crippen LogP contribution in [0.25, 0.3) is 176 Å². The minimum Gasteiger partial charge on any atom is -0.656 e. The second kappa shape index (κ2) is 22.7. The first-order valence-electron chi connectivity index (χ1n) is 32.8. The van der Waals surface area contributed by atoms with Crippen molar-refractivity contribution in [2.75, 3.05) is 0 Å². The van der Waals surface area contributed by atoms with Gasteiger partial charge < -0.3 is 9.97 Å². The van der Waals surface area contributed by atoms with Gasteiger partial charge in [0.2, 0.25) is 0 Å². The molecule has 12 aromatic carbocycles. The SMILES string of the molecule is CC(C)c1cccc(-c2c3nc(c(-c4cccc(C(C)C)c4)c4[n-]c(c(-c5cccc(C(C)C)c5)c5nc(c(-c6cccc(C(C)C)c6)c6[n-]c2c2cc7ccccc7cc62)-c2cc6ccccc6cc2-5)c2cc5ccccc5cc42)-c2cc4ccccc4cc2-3)c1.[Pt+2]. The molecule has 14 aromatic rings. The van der Waals surface area contributed by atoms with Crippen LogP contribution in [0.4, 0.5) is 0 Å². The Hall–Kier alpha value is -9.99. The fraction of sp³-hybridized carbons (Fsp3) is 0.136. The number of hydrogen-bond acceptors (Lipinski definition) is 2. The molecule has 0 saturated heterocycles. The second-order valence-corrected chi connectivity index (χ2v) is 26.8. The van der Waals surface area contributed by atoms with Crippen molar-refractivity contribution < 1.29 is 21.1 Å². The molecule has 0 N–H and O–H groups in total. The van der Waals surface area contributed by atoms with E-state index in [2.05, 4.69) is 298 Å². The predicted octanol–water partition coefficient (Wildman–Crippen LogP) is 24.3. The minimum absolute atomic E-state index is 0. The van der Waals surface area contributed by atoms with Crippen molar-refractivity contribution in [1.82, 2.24) is 19.9 Å². The molecule has 2 aliphatic heterocycles. The zero-order chi connectivity index (χ0) is 62.2. The van der Waals surface area contributed by atoms with Gasteiger partial charge in [-0.1, -0.05) is 250 Å². The van der Waals surface area contributed by atoms with E-state index in [1.165, 1.54) is 22.3 Å². The quantitative estimate of drug-likeness (QED) is 0.152. The molecule has 5 heteroatoms. The predicted molar refractivity (Wildman–Crippen MR) is 391 cm³/mol. The van der Waals surface area contributed by atoms with E-state index in [-0.39, 0.29) is 44.7 Å². The third-order valence-corrected chi connectivity index (χ3v) is 19.7. The summed E-state index contributed by atoms with van der Waals surface area (Å²) in [5.41, 5.74) is 24.3. The number of rotatable bonds is 8. The molecule has 17 rings (SSSR count). The van der Waals surface area contributed by atoms with Gasteiger partial charge in [0.25, 0.3) is 0 Å². The van der Waals surface area contributed by atoms with E-state index in [0.29, 0.717) is 0 Å². The Morgan fingerprint density at radius 2 is 0.441 bits per heavy atom. The van der Waals surface area contributed by atoms with E-state index >= 15 is 0 Å². The Morgan fingerprint density at radius 3 is 0.645 bits per heavy atom. The van der Waals surface area contributed by atoms with Crippen LogP contribution < -0.4 is 9.97 Å². The minimum atomic E-state index is 0. The van der Waals surface area contributed by atoms with Crippen molar-refractivity contribution in [3.8, 4) is 89.5 Å². The Morgan fingerprint density at radius 1 is 0.237 bits per heavy atom. The van der Waals surface area contributed by atoms with E-state index in [1.807, 2.05) is 0 Å². The Balaban J connectivity index is 0.00000686. The van der Waals surface area contributed by atoms with Crippen molar-refractivity contribution in [1.29, 1.82) is 0 Å². The van der Waals surface area contributed by atoms with E-state index in [9.17, 15) is 0 Å². The van der Waals surface area contributed by atoms with Crippen LogP contribution >= 0.6 is 0 Å². The van der Waals surface area contributed by atoms with Gasteiger partial charge in [-0.2, -0.15) is 0 Å². The van der Waals surface area contributed by atoms with Crippen LogP contribution in [0.2, 0.25) is 0 Å². The average molecular weight is 1380 g/mol. The third kappa shape index (κ3) is 9.59. The molecule has 1 aliphatic carbocycles. The van der Waals surface area contributed by atoms with Crippen molar-refractivity contribution in [3.63, 3.8) is 0 Å². The van der Waals surface area contributed by atoms with Crippen molar-refractivity contribution >= 4 is 86.7 Å². The van der Waals surface area contributed by atoms with Crippen LogP contribution in [0.3, 0.4) is 0 Å². The normalized spacial score (nSPS) is 12.2. The van der Waals surface area contributed by atoms with E-state index in [0.717, 1.165) is 176 Å². The second-order valence-electron chi connectivity index (χ2n) is 26.8. The number of nitrogens with zero attached hydrogens (tertiary/aromatic N) is 4. The molecular formula is C88H68N4Pt. The molecular weight excluding hydrogens is 1310 g/mol. The van der Waals surface area contributed by atoms with Gasteiger partial charge in [0.05, 0.1) is 22.8 Å². The first-order valence-corrected chi connectivity index (χ1v) is 32.8. The van der Waals surface area contributed by atoms with Gasteiger partial charge >= 0.3 is 21.1 Å². The molecule has 0 spiro atoms. The van der Waals surface area contributed by atoms with Crippen LogP contribution in [-0.4, -0.2) is 9.97 Å². The molecule has 3 aliphatic rings. The number of aromatic nitrogens is 4.